The lowest BCUT2D eigenvalue weighted by Crippen LogP contribution is -2.23. The molecular weight excluding hydrogens is 261 g/mol. The highest BCUT2D eigenvalue weighted by Gasteiger charge is 2.12. The van der Waals surface area contributed by atoms with Crippen molar-refractivity contribution in [2.75, 3.05) is 6.54 Å². The van der Waals surface area contributed by atoms with E-state index in [1.807, 2.05) is 6.92 Å². The van der Waals surface area contributed by atoms with E-state index < -0.39 is 0 Å². The molecule has 0 saturated heterocycles. The van der Waals surface area contributed by atoms with E-state index in [0.29, 0.717) is 0 Å². The standard InChI is InChI=1S/C19H24FN/c1-4-15-6-8-16(9-7-15)12-19(21-5-2)17-10-14(3)11-18(20)13-17/h6-11,13,19,21H,4-5,12H2,1-3H3. The minimum Gasteiger partial charge on any atom is -0.310 e. The maximum Gasteiger partial charge on any atom is 0.123 e. The maximum atomic E-state index is 13.6. The Bertz CT molecular complexity index is 554. The maximum absolute atomic E-state index is 13.6. The fraction of sp³-hybridized carbons (Fsp3) is 0.368. The highest BCUT2D eigenvalue weighted by atomic mass is 19.1. The third-order valence-corrected chi connectivity index (χ3v) is 3.79. The summed E-state index contributed by atoms with van der Waals surface area (Å²) in [6.45, 7) is 7.05. The lowest BCUT2D eigenvalue weighted by molar-refractivity contribution is 0.542. The summed E-state index contributed by atoms with van der Waals surface area (Å²) in [4.78, 5) is 0. The van der Waals surface area contributed by atoms with Crippen molar-refractivity contribution in [1.82, 2.24) is 5.32 Å². The molecule has 0 bridgehead atoms. The molecule has 0 heterocycles. The van der Waals surface area contributed by atoms with Gasteiger partial charge in [0.15, 0.2) is 0 Å². The van der Waals surface area contributed by atoms with E-state index in [2.05, 4.69) is 49.5 Å². The molecule has 2 aromatic rings. The van der Waals surface area contributed by atoms with E-state index in [1.54, 1.807) is 12.1 Å². The normalized spacial score (nSPS) is 12.4. The van der Waals surface area contributed by atoms with Crippen molar-refractivity contribution in [3.05, 3.63) is 70.5 Å². The Morgan fingerprint density at radius 2 is 1.67 bits per heavy atom. The average molecular weight is 285 g/mol. The quantitative estimate of drug-likeness (QED) is 0.818. The van der Waals surface area contributed by atoms with Crippen LogP contribution in [-0.4, -0.2) is 6.54 Å². The smallest absolute Gasteiger partial charge is 0.123 e. The molecule has 2 heteroatoms. The Hall–Kier alpha value is -1.67. The van der Waals surface area contributed by atoms with Crippen LogP contribution in [-0.2, 0) is 12.8 Å². The van der Waals surface area contributed by atoms with Crippen molar-refractivity contribution in [1.29, 1.82) is 0 Å². The zero-order chi connectivity index (χ0) is 15.2. The van der Waals surface area contributed by atoms with Crippen LogP contribution >= 0.6 is 0 Å². The van der Waals surface area contributed by atoms with Gasteiger partial charge in [-0.05, 0) is 60.7 Å². The largest absolute Gasteiger partial charge is 0.310 e. The molecule has 1 N–H and O–H groups in total. The summed E-state index contributed by atoms with van der Waals surface area (Å²) in [5.74, 6) is -0.158. The molecule has 0 aliphatic heterocycles. The van der Waals surface area contributed by atoms with Crippen molar-refractivity contribution < 1.29 is 4.39 Å². The number of nitrogens with one attached hydrogen (secondary N) is 1. The van der Waals surface area contributed by atoms with Crippen LogP contribution in [0.3, 0.4) is 0 Å². The van der Waals surface area contributed by atoms with E-state index >= 15 is 0 Å². The van der Waals surface area contributed by atoms with Crippen molar-refractivity contribution in [3.63, 3.8) is 0 Å². The fourth-order valence-corrected chi connectivity index (χ4v) is 2.67. The van der Waals surface area contributed by atoms with Crippen molar-refractivity contribution in [2.24, 2.45) is 0 Å². The second kappa shape index (κ2) is 7.37. The Morgan fingerprint density at radius 3 is 2.24 bits per heavy atom. The topological polar surface area (TPSA) is 12.0 Å². The summed E-state index contributed by atoms with van der Waals surface area (Å²) >= 11 is 0. The van der Waals surface area contributed by atoms with Crippen LogP contribution in [0.4, 0.5) is 4.39 Å². The fourth-order valence-electron chi connectivity index (χ4n) is 2.67. The van der Waals surface area contributed by atoms with Gasteiger partial charge in [0.2, 0.25) is 0 Å². The van der Waals surface area contributed by atoms with Crippen LogP contribution in [0, 0.1) is 12.7 Å². The number of benzene rings is 2. The van der Waals surface area contributed by atoms with Gasteiger partial charge in [0.1, 0.15) is 5.82 Å². The third kappa shape index (κ3) is 4.40. The van der Waals surface area contributed by atoms with Crippen molar-refractivity contribution in [3.8, 4) is 0 Å². The SMILES string of the molecule is CCNC(Cc1ccc(CC)cc1)c1cc(C)cc(F)c1. The number of rotatable bonds is 6. The van der Waals surface area contributed by atoms with Crippen LogP contribution in [0.5, 0.6) is 0 Å². The summed E-state index contributed by atoms with van der Waals surface area (Å²) in [5.41, 5.74) is 4.61. The van der Waals surface area contributed by atoms with Crippen LogP contribution in [0.15, 0.2) is 42.5 Å². The Labute approximate surface area is 127 Å². The number of aryl methyl sites for hydroxylation is 2. The van der Waals surface area contributed by atoms with Crippen LogP contribution in [0.25, 0.3) is 0 Å². The van der Waals surface area contributed by atoms with Gasteiger partial charge >= 0.3 is 0 Å². The van der Waals surface area contributed by atoms with E-state index in [0.717, 1.165) is 30.5 Å². The lowest BCUT2D eigenvalue weighted by Gasteiger charge is -2.19. The van der Waals surface area contributed by atoms with Gasteiger partial charge in [-0.15, -0.1) is 0 Å². The van der Waals surface area contributed by atoms with Gasteiger partial charge in [-0.3, -0.25) is 0 Å². The Morgan fingerprint density at radius 1 is 1.00 bits per heavy atom. The summed E-state index contributed by atoms with van der Waals surface area (Å²) in [7, 11) is 0. The van der Waals surface area contributed by atoms with Gasteiger partial charge in [0, 0.05) is 6.04 Å². The second-order valence-corrected chi connectivity index (χ2v) is 5.55. The van der Waals surface area contributed by atoms with Gasteiger partial charge in [0.05, 0.1) is 0 Å². The molecule has 0 aliphatic rings. The van der Waals surface area contributed by atoms with Gasteiger partial charge in [0.25, 0.3) is 0 Å². The molecule has 0 spiro atoms. The zero-order valence-electron chi connectivity index (χ0n) is 13.1. The van der Waals surface area contributed by atoms with Crippen molar-refractivity contribution in [2.45, 2.75) is 39.7 Å². The van der Waals surface area contributed by atoms with Crippen LogP contribution in [0.2, 0.25) is 0 Å². The molecule has 2 aromatic carbocycles. The third-order valence-electron chi connectivity index (χ3n) is 3.79. The number of hydrogen-bond acceptors (Lipinski definition) is 1. The molecule has 0 radical (unpaired) electrons. The Kier molecular flexibility index (Phi) is 5.51. The first-order valence-electron chi connectivity index (χ1n) is 7.70. The van der Waals surface area contributed by atoms with E-state index in [1.165, 1.54) is 11.1 Å². The predicted octanol–water partition coefficient (Wildman–Crippen LogP) is 4.59. The number of halogens is 1. The minimum atomic E-state index is -0.158. The number of hydrogen-bond donors (Lipinski definition) is 1. The van der Waals surface area contributed by atoms with Gasteiger partial charge in [-0.2, -0.15) is 0 Å². The molecule has 0 saturated carbocycles. The van der Waals surface area contributed by atoms with E-state index in [4.69, 9.17) is 0 Å². The Balaban J connectivity index is 2.21. The second-order valence-electron chi connectivity index (χ2n) is 5.55. The van der Waals surface area contributed by atoms with Crippen LogP contribution < -0.4 is 5.32 Å². The predicted molar refractivity (Wildman–Crippen MR) is 87.1 cm³/mol. The highest BCUT2D eigenvalue weighted by Crippen LogP contribution is 2.21. The first-order valence-corrected chi connectivity index (χ1v) is 7.70. The van der Waals surface area contributed by atoms with Crippen LogP contribution in [0.1, 0.15) is 42.1 Å². The minimum absolute atomic E-state index is 0.150. The molecule has 0 fully saturated rings. The monoisotopic (exact) mass is 285 g/mol. The first-order chi connectivity index (χ1) is 10.1. The lowest BCUT2D eigenvalue weighted by atomic mass is 9.96. The zero-order valence-corrected chi connectivity index (χ0v) is 13.1. The molecule has 1 unspecified atom stereocenters. The van der Waals surface area contributed by atoms with Gasteiger partial charge in [-0.1, -0.05) is 44.2 Å². The summed E-state index contributed by atoms with van der Waals surface area (Å²) in [5, 5.41) is 3.46. The summed E-state index contributed by atoms with van der Waals surface area (Å²) in [6.07, 6.45) is 1.93. The molecule has 1 nitrogen and oxygen atoms in total. The molecular formula is C19H24FN. The highest BCUT2D eigenvalue weighted by molar-refractivity contribution is 5.29. The van der Waals surface area contributed by atoms with Gasteiger partial charge in [-0.25, -0.2) is 4.39 Å². The molecule has 1 atom stereocenters. The molecule has 0 aromatic heterocycles. The van der Waals surface area contributed by atoms with E-state index in [-0.39, 0.29) is 11.9 Å². The average Bonchev–Trinajstić information content (AvgIpc) is 2.46. The molecule has 0 aliphatic carbocycles. The van der Waals surface area contributed by atoms with E-state index in [9.17, 15) is 4.39 Å². The summed E-state index contributed by atoms with van der Waals surface area (Å²) < 4.78 is 13.6. The summed E-state index contributed by atoms with van der Waals surface area (Å²) in [6, 6.07) is 14.1. The number of likely N-dealkylation sites (N-methyl/N-ethyl adjacent to an activating group) is 1. The van der Waals surface area contributed by atoms with Crippen molar-refractivity contribution >= 4 is 0 Å². The molecule has 0 amide bonds. The molecule has 21 heavy (non-hydrogen) atoms. The molecule has 2 rings (SSSR count). The van der Waals surface area contributed by atoms with Gasteiger partial charge < -0.3 is 5.32 Å². The molecule has 112 valence electrons. The first kappa shape index (κ1) is 15.7.